The molecule has 102 valence electrons. The maximum atomic E-state index is 12.2. The average Bonchev–Trinajstić information content (AvgIpc) is 2.56. The maximum Gasteiger partial charge on any atom is 0.186 e. The fourth-order valence-electron chi connectivity index (χ4n) is 2.08. The van der Waals surface area contributed by atoms with Crippen molar-refractivity contribution in [1.82, 2.24) is 9.78 Å². The summed E-state index contributed by atoms with van der Waals surface area (Å²) in [5.74, 6) is 0.481. The predicted molar refractivity (Wildman–Crippen MR) is 70.8 cm³/mol. The van der Waals surface area contributed by atoms with Crippen LogP contribution in [0.25, 0.3) is 0 Å². The number of carbonyl (C=O) groups is 1. The van der Waals surface area contributed by atoms with E-state index in [1.807, 2.05) is 0 Å². The summed E-state index contributed by atoms with van der Waals surface area (Å²) in [6.07, 6.45) is 2.66. The van der Waals surface area contributed by atoms with Gasteiger partial charge in [0.05, 0.1) is 13.3 Å². The number of aryl methyl sites for hydroxylation is 1. The number of nitrogens with two attached hydrogens (primary N) is 1. The molecule has 1 unspecified atom stereocenters. The molecule has 1 aromatic rings. The zero-order valence-corrected chi connectivity index (χ0v) is 11.9. The van der Waals surface area contributed by atoms with Crippen LogP contribution >= 0.6 is 0 Å². The first-order valence-corrected chi connectivity index (χ1v) is 6.09. The van der Waals surface area contributed by atoms with Crippen molar-refractivity contribution in [2.24, 2.45) is 18.2 Å². The second kappa shape index (κ2) is 5.52. The first-order chi connectivity index (χ1) is 8.24. The van der Waals surface area contributed by atoms with Gasteiger partial charge in [0.25, 0.3) is 0 Å². The number of hydrogen-bond donors (Lipinski definition) is 1. The number of rotatable bonds is 5. The van der Waals surface area contributed by atoms with Gasteiger partial charge >= 0.3 is 0 Å². The lowest BCUT2D eigenvalue weighted by Crippen LogP contribution is -2.29. The van der Waals surface area contributed by atoms with Crippen molar-refractivity contribution in [1.29, 1.82) is 0 Å². The van der Waals surface area contributed by atoms with Crippen LogP contribution in [0.4, 0.5) is 0 Å². The van der Waals surface area contributed by atoms with Crippen LogP contribution in [0.15, 0.2) is 6.20 Å². The Morgan fingerprint density at radius 3 is 2.67 bits per heavy atom. The molecule has 5 nitrogen and oxygen atoms in total. The molecule has 1 aromatic heterocycles. The zero-order chi connectivity index (χ0) is 13.9. The average molecular weight is 253 g/mol. The van der Waals surface area contributed by atoms with E-state index in [0.29, 0.717) is 17.9 Å². The van der Waals surface area contributed by atoms with E-state index >= 15 is 0 Å². The van der Waals surface area contributed by atoms with Crippen LogP contribution < -0.4 is 10.5 Å². The van der Waals surface area contributed by atoms with Crippen LogP contribution in [-0.2, 0) is 7.05 Å². The highest BCUT2D eigenvalue weighted by Gasteiger charge is 2.22. The quantitative estimate of drug-likeness (QED) is 0.812. The van der Waals surface area contributed by atoms with Crippen molar-refractivity contribution < 1.29 is 9.53 Å². The van der Waals surface area contributed by atoms with Gasteiger partial charge in [-0.2, -0.15) is 5.10 Å². The predicted octanol–water partition coefficient (Wildman–Crippen LogP) is 1.76. The Balaban J connectivity index is 2.73. The Morgan fingerprint density at radius 1 is 1.56 bits per heavy atom. The molecule has 0 bridgehead atoms. The standard InChI is InChI=1S/C13H23N3O2/c1-13(2,3)7-9(14)6-10(17)12-11(18-5)8-15-16(12)4/h8-9H,6-7,14H2,1-5H3. The van der Waals surface area contributed by atoms with E-state index in [4.69, 9.17) is 10.5 Å². The summed E-state index contributed by atoms with van der Waals surface area (Å²) >= 11 is 0. The lowest BCUT2D eigenvalue weighted by molar-refractivity contribution is 0.0956. The summed E-state index contributed by atoms with van der Waals surface area (Å²) in [6.45, 7) is 6.34. The highest BCUT2D eigenvalue weighted by Crippen LogP contribution is 2.23. The maximum absolute atomic E-state index is 12.2. The van der Waals surface area contributed by atoms with Gasteiger partial charge in [0, 0.05) is 19.5 Å². The van der Waals surface area contributed by atoms with Gasteiger partial charge in [-0.05, 0) is 11.8 Å². The Bertz CT molecular complexity index is 418. The van der Waals surface area contributed by atoms with Gasteiger partial charge in [0.2, 0.25) is 0 Å². The van der Waals surface area contributed by atoms with Gasteiger partial charge in [-0.3, -0.25) is 9.48 Å². The number of ketones is 1. The number of carbonyl (C=O) groups excluding carboxylic acids is 1. The van der Waals surface area contributed by atoms with E-state index in [9.17, 15) is 4.79 Å². The summed E-state index contributed by atoms with van der Waals surface area (Å²) in [4.78, 5) is 12.2. The SMILES string of the molecule is COc1cnn(C)c1C(=O)CC(N)CC(C)(C)C. The highest BCUT2D eigenvalue weighted by molar-refractivity contribution is 5.97. The van der Waals surface area contributed by atoms with Crippen molar-refractivity contribution in [3.63, 3.8) is 0 Å². The van der Waals surface area contributed by atoms with E-state index in [0.717, 1.165) is 6.42 Å². The molecule has 0 fully saturated rings. The lowest BCUT2D eigenvalue weighted by Gasteiger charge is -2.22. The molecule has 0 aliphatic heterocycles. The molecule has 5 heteroatoms. The topological polar surface area (TPSA) is 70.1 Å². The van der Waals surface area contributed by atoms with Crippen molar-refractivity contribution >= 4 is 5.78 Å². The van der Waals surface area contributed by atoms with Gasteiger partial charge in [0.1, 0.15) is 5.69 Å². The van der Waals surface area contributed by atoms with E-state index in [2.05, 4.69) is 25.9 Å². The van der Waals surface area contributed by atoms with Gasteiger partial charge in [0.15, 0.2) is 11.5 Å². The zero-order valence-electron chi connectivity index (χ0n) is 11.9. The van der Waals surface area contributed by atoms with Crippen molar-refractivity contribution in [2.75, 3.05) is 7.11 Å². The number of ether oxygens (including phenoxy) is 1. The van der Waals surface area contributed by atoms with E-state index in [1.54, 1.807) is 13.2 Å². The van der Waals surface area contributed by atoms with Crippen molar-refractivity contribution in [2.45, 2.75) is 39.7 Å². The molecule has 1 heterocycles. The van der Waals surface area contributed by atoms with Gasteiger partial charge < -0.3 is 10.5 Å². The van der Waals surface area contributed by atoms with Crippen LogP contribution in [0.5, 0.6) is 5.75 Å². The Kier molecular flexibility index (Phi) is 4.51. The fourth-order valence-corrected chi connectivity index (χ4v) is 2.08. The number of Topliss-reactive ketones (excluding diaryl/α,β-unsaturated/α-hetero) is 1. The Morgan fingerprint density at radius 2 is 2.17 bits per heavy atom. The summed E-state index contributed by atoms with van der Waals surface area (Å²) < 4.78 is 6.66. The van der Waals surface area contributed by atoms with Gasteiger partial charge in [-0.15, -0.1) is 0 Å². The first kappa shape index (κ1) is 14.7. The molecule has 0 aliphatic carbocycles. The molecular formula is C13H23N3O2. The minimum atomic E-state index is -0.142. The highest BCUT2D eigenvalue weighted by atomic mass is 16.5. The van der Waals surface area contributed by atoms with Crippen molar-refractivity contribution in [3.05, 3.63) is 11.9 Å². The minimum Gasteiger partial charge on any atom is -0.493 e. The van der Waals surface area contributed by atoms with Crippen LogP contribution in [0.3, 0.4) is 0 Å². The fraction of sp³-hybridized carbons (Fsp3) is 0.692. The summed E-state index contributed by atoms with van der Waals surface area (Å²) in [6, 6.07) is -0.142. The Labute approximate surface area is 108 Å². The second-order valence-electron chi connectivity index (χ2n) is 5.84. The Hall–Kier alpha value is -1.36. The molecule has 0 radical (unpaired) electrons. The molecule has 2 N–H and O–H groups in total. The number of methoxy groups -OCH3 is 1. The second-order valence-corrected chi connectivity index (χ2v) is 5.84. The smallest absolute Gasteiger partial charge is 0.186 e. The van der Waals surface area contributed by atoms with E-state index in [1.165, 1.54) is 11.8 Å². The first-order valence-electron chi connectivity index (χ1n) is 6.09. The number of hydrogen-bond acceptors (Lipinski definition) is 4. The largest absolute Gasteiger partial charge is 0.493 e. The number of aromatic nitrogens is 2. The molecule has 0 aliphatic rings. The van der Waals surface area contributed by atoms with Gasteiger partial charge in [-0.25, -0.2) is 0 Å². The van der Waals surface area contributed by atoms with Crippen LogP contribution in [0.1, 0.15) is 44.1 Å². The minimum absolute atomic E-state index is 0.0244. The molecule has 0 spiro atoms. The van der Waals surface area contributed by atoms with E-state index in [-0.39, 0.29) is 17.2 Å². The molecule has 18 heavy (non-hydrogen) atoms. The third-order valence-corrected chi connectivity index (χ3v) is 2.71. The normalized spacial score (nSPS) is 13.4. The third kappa shape index (κ3) is 3.84. The molecule has 0 amide bonds. The monoisotopic (exact) mass is 253 g/mol. The summed E-state index contributed by atoms with van der Waals surface area (Å²) in [5.41, 5.74) is 6.63. The summed E-state index contributed by atoms with van der Waals surface area (Å²) in [5, 5.41) is 4.02. The third-order valence-electron chi connectivity index (χ3n) is 2.71. The molecule has 1 rings (SSSR count). The van der Waals surface area contributed by atoms with E-state index < -0.39 is 0 Å². The van der Waals surface area contributed by atoms with Crippen LogP contribution in [-0.4, -0.2) is 28.7 Å². The van der Waals surface area contributed by atoms with Gasteiger partial charge in [-0.1, -0.05) is 20.8 Å². The van der Waals surface area contributed by atoms with Crippen molar-refractivity contribution in [3.8, 4) is 5.75 Å². The summed E-state index contributed by atoms with van der Waals surface area (Å²) in [7, 11) is 3.26. The molecule has 0 saturated carbocycles. The lowest BCUT2D eigenvalue weighted by atomic mass is 9.86. The van der Waals surface area contributed by atoms with Crippen LogP contribution in [0.2, 0.25) is 0 Å². The van der Waals surface area contributed by atoms with Crippen LogP contribution in [0, 0.1) is 5.41 Å². The molecular weight excluding hydrogens is 230 g/mol. The number of nitrogens with zero attached hydrogens (tertiary/aromatic N) is 2. The molecule has 0 saturated heterocycles. The molecule has 1 atom stereocenters. The molecule has 0 aromatic carbocycles.